The molecular weight excluding hydrogens is 454 g/mol. The highest BCUT2D eigenvalue weighted by atomic mass is 35.5. The van der Waals surface area contributed by atoms with Crippen molar-refractivity contribution in [1.29, 1.82) is 0 Å². The average molecular weight is 474 g/mol. The fraction of sp³-hybridized carbons (Fsp3) is 0.217. The Balaban J connectivity index is 1.95. The monoisotopic (exact) mass is 473 g/mol. The van der Waals surface area contributed by atoms with Gasteiger partial charge in [0.2, 0.25) is 5.91 Å². The lowest BCUT2D eigenvalue weighted by molar-refractivity contribution is -0.116. The van der Waals surface area contributed by atoms with Crippen LogP contribution in [0.25, 0.3) is 11.1 Å². The van der Waals surface area contributed by atoms with Gasteiger partial charge in [0, 0.05) is 39.4 Å². The van der Waals surface area contributed by atoms with E-state index in [4.69, 9.17) is 25.8 Å². The second-order valence-electron chi connectivity index (χ2n) is 7.11. The number of carbonyl (C=O) groups is 2. The van der Waals surface area contributed by atoms with Crippen molar-refractivity contribution in [2.24, 2.45) is 0 Å². The lowest BCUT2D eigenvalue weighted by atomic mass is 9.88. The molecule has 166 valence electrons. The summed E-state index contributed by atoms with van der Waals surface area (Å²) in [5.41, 5.74) is 2.33. The second-order valence-corrected chi connectivity index (χ2v) is 8.60. The van der Waals surface area contributed by atoms with Crippen molar-refractivity contribution in [3.05, 3.63) is 56.7 Å². The van der Waals surface area contributed by atoms with Gasteiger partial charge in [-0.15, -0.1) is 11.3 Å². The second kappa shape index (κ2) is 8.72. The largest absolute Gasteiger partial charge is 0.496 e. The number of benzene rings is 2. The van der Waals surface area contributed by atoms with Crippen LogP contribution in [0.5, 0.6) is 17.2 Å². The number of methoxy groups -OCH3 is 3. The van der Waals surface area contributed by atoms with Crippen molar-refractivity contribution in [3.63, 3.8) is 0 Å². The summed E-state index contributed by atoms with van der Waals surface area (Å²) in [5.74, 6) is -0.202. The van der Waals surface area contributed by atoms with E-state index in [2.05, 4.69) is 5.32 Å². The van der Waals surface area contributed by atoms with Gasteiger partial charge in [0.1, 0.15) is 10.6 Å². The first kappa shape index (κ1) is 22.0. The van der Waals surface area contributed by atoms with E-state index in [0.29, 0.717) is 44.6 Å². The van der Waals surface area contributed by atoms with Gasteiger partial charge in [0.15, 0.2) is 11.5 Å². The summed E-state index contributed by atoms with van der Waals surface area (Å²) in [6.45, 7) is 0. The number of amides is 1. The Hall–Kier alpha value is -3.23. The molecule has 0 bridgehead atoms. The summed E-state index contributed by atoms with van der Waals surface area (Å²) in [4.78, 5) is 25.7. The number of hydrogen-bond donors (Lipinski definition) is 2. The van der Waals surface area contributed by atoms with E-state index in [9.17, 15) is 14.7 Å². The van der Waals surface area contributed by atoms with E-state index < -0.39 is 11.9 Å². The van der Waals surface area contributed by atoms with Crippen LogP contribution in [0.1, 0.15) is 32.5 Å². The third-order valence-corrected chi connectivity index (χ3v) is 6.89. The molecule has 3 aromatic rings. The SMILES string of the molecule is COc1cc(OC)c([C@@H]2CC(=O)Nc3c2sc(C(=O)O)c3-c2ccc(Cl)cc2)cc1OC. The molecular formula is C23H20ClNO6S. The molecule has 0 saturated carbocycles. The van der Waals surface area contributed by atoms with E-state index in [1.807, 2.05) is 0 Å². The molecule has 1 atom stereocenters. The number of nitrogens with one attached hydrogen (secondary N) is 1. The van der Waals surface area contributed by atoms with E-state index in [1.165, 1.54) is 21.3 Å². The molecule has 0 spiro atoms. The molecule has 0 radical (unpaired) electrons. The van der Waals surface area contributed by atoms with Crippen LogP contribution in [0, 0.1) is 0 Å². The Morgan fingerprint density at radius 2 is 1.69 bits per heavy atom. The summed E-state index contributed by atoms with van der Waals surface area (Å²) in [6.07, 6.45) is 0.137. The number of carboxylic acids is 1. The van der Waals surface area contributed by atoms with Gasteiger partial charge in [-0.2, -0.15) is 0 Å². The fourth-order valence-electron chi connectivity index (χ4n) is 3.91. The summed E-state index contributed by atoms with van der Waals surface area (Å²) in [6, 6.07) is 10.3. The summed E-state index contributed by atoms with van der Waals surface area (Å²) >= 11 is 7.15. The predicted octanol–water partition coefficient (Wildman–Crippen LogP) is 5.27. The molecule has 32 heavy (non-hydrogen) atoms. The molecule has 1 aliphatic heterocycles. The van der Waals surface area contributed by atoms with Gasteiger partial charge in [0.25, 0.3) is 0 Å². The molecule has 1 amide bonds. The molecule has 1 aliphatic rings. The third-order valence-electron chi connectivity index (χ3n) is 5.34. The highest BCUT2D eigenvalue weighted by molar-refractivity contribution is 7.15. The van der Waals surface area contributed by atoms with Crippen LogP contribution in [-0.4, -0.2) is 38.3 Å². The van der Waals surface area contributed by atoms with E-state index in [-0.39, 0.29) is 17.2 Å². The van der Waals surface area contributed by atoms with Crippen LogP contribution in [0.2, 0.25) is 5.02 Å². The molecule has 9 heteroatoms. The fourth-order valence-corrected chi connectivity index (χ4v) is 5.27. The summed E-state index contributed by atoms with van der Waals surface area (Å²) < 4.78 is 16.4. The molecule has 0 aliphatic carbocycles. The maximum absolute atomic E-state index is 12.7. The molecule has 2 aromatic carbocycles. The molecule has 0 unspecified atom stereocenters. The van der Waals surface area contributed by atoms with Gasteiger partial charge >= 0.3 is 5.97 Å². The summed E-state index contributed by atoms with van der Waals surface area (Å²) in [5, 5.41) is 13.3. The number of halogens is 1. The highest BCUT2D eigenvalue weighted by Gasteiger charge is 2.36. The van der Waals surface area contributed by atoms with Crippen LogP contribution >= 0.6 is 22.9 Å². The molecule has 2 heterocycles. The van der Waals surface area contributed by atoms with Crippen LogP contribution < -0.4 is 19.5 Å². The molecule has 1 aromatic heterocycles. The predicted molar refractivity (Wildman–Crippen MR) is 123 cm³/mol. The van der Waals surface area contributed by atoms with Crippen molar-refractivity contribution in [2.45, 2.75) is 12.3 Å². The third kappa shape index (κ3) is 3.76. The number of rotatable bonds is 6. The van der Waals surface area contributed by atoms with Crippen molar-refractivity contribution in [2.75, 3.05) is 26.6 Å². The molecule has 0 saturated heterocycles. The zero-order valence-corrected chi connectivity index (χ0v) is 19.1. The smallest absolute Gasteiger partial charge is 0.346 e. The Bertz CT molecular complexity index is 1200. The lowest BCUT2D eigenvalue weighted by Gasteiger charge is -2.26. The van der Waals surface area contributed by atoms with Gasteiger partial charge in [-0.3, -0.25) is 4.79 Å². The summed E-state index contributed by atoms with van der Waals surface area (Å²) in [7, 11) is 4.59. The molecule has 7 nitrogen and oxygen atoms in total. The first-order valence-corrected chi connectivity index (χ1v) is 10.8. The maximum Gasteiger partial charge on any atom is 0.346 e. The molecule has 0 fully saturated rings. The number of carbonyl (C=O) groups excluding carboxylic acids is 1. The van der Waals surface area contributed by atoms with Crippen molar-refractivity contribution < 1.29 is 28.9 Å². The normalized spacial score (nSPS) is 15.0. The number of hydrogen-bond acceptors (Lipinski definition) is 6. The highest BCUT2D eigenvalue weighted by Crippen LogP contribution is 2.52. The zero-order chi connectivity index (χ0) is 23.0. The number of anilines is 1. The van der Waals surface area contributed by atoms with Gasteiger partial charge in [-0.1, -0.05) is 23.7 Å². The minimum Gasteiger partial charge on any atom is -0.496 e. The van der Waals surface area contributed by atoms with Crippen molar-refractivity contribution in [3.8, 4) is 28.4 Å². The van der Waals surface area contributed by atoms with Crippen molar-refractivity contribution >= 4 is 40.5 Å². The van der Waals surface area contributed by atoms with E-state index in [1.54, 1.807) is 36.4 Å². The minimum atomic E-state index is -1.07. The van der Waals surface area contributed by atoms with Crippen LogP contribution in [0.15, 0.2) is 36.4 Å². The number of thiophene rings is 1. The van der Waals surface area contributed by atoms with Gasteiger partial charge < -0.3 is 24.6 Å². The Kier molecular flexibility index (Phi) is 5.99. The Morgan fingerprint density at radius 1 is 1.06 bits per heavy atom. The topological polar surface area (TPSA) is 94.1 Å². The van der Waals surface area contributed by atoms with E-state index in [0.717, 1.165) is 16.2 Å². The first-order valence-electron chi connectivity index (χ1n) is 9.63. The number of carboxylic acid groups (broad SMARTS) is 1. The zero-order valence-electron chi connectivity index (χ0n) is 17.5. The van der Waals surface area contributed by atoms with E-state index >= 15 is 0 Å². The lowest BCUT2D eigenvalue weighted by Crippen LogP contribution is -2.23. The van der Waals surface area contributed by atoms with Crippen LogP contribution in [-0.2, 0) is 4.79 Å². The number of ether oxygens (including phenoxy) is 3. The van der Waals surface area contributed by atoms with Crippen molar-refractivity contribution in [1.82, 2.24) is 0 Å². The van der Waals surface area contributed by atoms with Gasteiger partial charge in [0.05, 0.1) is 27.0 Å². The Labute approximate surface area is 193 Å². The van der Waals surface area contributed by atoms with Crippen LogP contribution in [0.3, 0.4) is 0 Å². The van der Waals surface area contributed by atoms with Gasteiger partial charge in [-0.25, -0.2) is 4.79 Å². The minimum absolute atomic E-state index is 0.137. The molecule has 4 rings (SSSR count). The standard InChI is InChI=1S/C23H20ClNO6S/c1-29-15-10-17(31-3)16(30-2)8-13(15)14-9-18(26)25-20-19(11-4-6-12(24)7-5-11)22(23(27)28)32-21(14)20/h4-8,10,14H,9H2,1-3H3,(H,25,26)(H,27,28)/t14-/m0/s1. The van der Waals surface area contributed by atoms with Gasteiger partial charge in [-0.05, 0) is 23.8 Å². The number of aromatic carboxylic acids is 1. The average Bonchev–Trinajstić information content (AvgIpc) is 3.17. The quantitative estimate of drug-likeness (QED) is 0.506. The molecule has 2 N–H and O–H groups in total. The van der Waals surface area contributed by atoms with Crippen LogP contribution in [0.4, 0.5) is 5.69 Å². The first-order chi connectivity index (χ1) is 15.4. The number of fused-ring (bicyclic) bond motifs is 1. The Morgan fingerprint density at radius 3 is 2.28 bits per heavy atom. The maximum atomic E-state index is 12.7.